The van der Waals surface area contributed by atoms with Crippen LogP contribution in [0.3, 0.4) is 0 Å². The highest BCUT2D eigenvalue weighted by atomic mass is 14.7. The highest BCUT2D eigenvalue weighted by Crippen LogP contribution is 2.26. The maximum atomic E-state index is 5.76. The molecule has 0 unspecified atom stereocenters. The molecule has 0 aliphatic carbocycles. The molecule has 0 amide bonds. The van der Waals surface area contributed by atoms with E-state index in [1.165, 1.54) is 32.6 Å². The Kier molecular flexibility index (Phi) is 3.58. The predicted molar refractivity (Wildman–Crippen MR) is 116 cm³/mol. The van der Waals surface area contributed by atoms with Gasteiger partial charge in [-0.05, 0) is 36.4 Å². The van der Waals surface area contributed by atoms with E-state index in [1.54, 1.807) is 0 Å². The van der Waals surface area contributed by atoms with Crippen LogP contribution in [0.25, 0.3) is 43.6 Å². The lowest BCUT2D eigenvalue weighted by Crippen LogP contribution is -1.81. The van der Waals surface area contributed by atoms with E-state index < -0.39 is 0 Å². The number of anilines is 1. The second-order valence-corrected chi connectivity index (χ2v) is 6.69. The van der Waals surface area contributed by atoms with E-state index in [2.05, 4.69) is 70.6 Å². The van der Waals surface area contributed by atoms with E-state index in [0.717, 1.165) is 16.7 Å². The highest BCUT2D eigenvalue weighted by molar-refractivity contribution is 6.08. The zero-order valence-electron chi connectivity index (χ0n) is 14.7. The van der Waals surface area contributed by atoms with Gasteiger partial charge in [-0.1, -0.05) is 54.6 Å². The molecule has 3 heteroatoms. The van der Waals surface area contributed by atoms with Crippen molar-refractivity contribution in [1.82, 2.24) is 9.97 Å². The molecule has 0 atom stereocenters. The topological polar surface area (TPSA) is 57.6 Å². The van der Waals surface area contributed by atoms with E-state index >= 15 is 0 Å². The van der Waals surface area contributed by atoms with Crippen LogP contribution in [-0.4, -0.2) is 9.97 Å². The van der Waals surface area contributed by atoms with Crippen molar-refractivity contribution in [3.63, 3.8) is 0 Å². The van der Waals surface area contributed by atoms with Crippen LogP contribution >= 0.6 is 0 Å². The summed E-state index contributed by atoms with van der Waals surface area (Å²) in [5.41, 5.74) is 11.3. The van der Waals surface area contributed by atoms with Gasteiger partial charge in [0.25, 0.3) is 0 Å². The molecule has 0 saturated heterocycles. The SMILES string of the molecule is Nc1ccc2[nH]c3ccccc3c2c1.c1ccc2c(c1)[nH]c1ccccc12. The summed E-state index contributed by atoms with van der Waals surface area (Å²) < 4.78 is 0. The summed E-state index contributed by atoms with van der Waals surface area (Å²) in [5.74, 6) is 0. The smallest absolute Gasteiger partial charge is 0.0466 e. The molecule has 6 aromatic rings. The third-order valence-electron chi connectivity index (χ3n) is 4.94. The minimum atomic E-state index is 0.808. The molecule has 4 aromatic carbocycles. The first-order valence-electron chi connectivity index (χ1n) is 9.01. The number of H-pyrrole nitrogens is 2. The van der Waals surface area contributed by atoms with Crippen LogP contribution in [0.2, 0.25) is 0 Å². The largest absolute Gasteiger partial charge is 0.399 e. The van der Waals surface area contributed by atoms with Gasteiger partial charge in [-0.15, -0.1) is 0 Å². The van der Waals surface area contributed by atoms with Gasteiger partial charge >= 0.3 is 0 Å². The lowest BCUT2D eigenvalue weighted by atomic mass is 10.1. The van der Waals surface area contributed by atoms with Crippen molar-refractivity contribution in [2.75, 3.05) is 5.73 Å². The third-order valence-corrected chi connectivity index (χ3v) is 4.94. The molecule has 0 bridgehead atoms. The van der Waals surface area contributed by atoms with E-state index in [9.17, 15) is 0 Å². The molecule has 3 nitrogen and oxygen atoms in total. The fourth-order valence-electron chi connectivity index (χ4n) is 3.66. The van der Waals surface area contributed by atoms with Gasteiger partial charge in [0.15, 0.2) is 0 Å². The van der Waals surface area contributed by atoms with Gasteiger partial charge in [0.1, 0.15) is 0 Å². The predicted octanol–water partition coefficient (Wildman–Crippen LogP) is 6.22. The molecular formula is C24H19N3. The van der Waals surface area contributed by atoms with Crippen LogP contribution < -0.4 is 5.73 Å². The average Bonchev–Trinajstić information content (AvgIpc) is 3.26. The lowest BCUT2D eigenvalue weighted by molar-refractivity contribution is 1.55. The van der Waals surface area contributed by atoms with Crippen molar-refractivity contribution in [1.29, 1.82) is 0 Å². The molecule has 6 rings (SSSR count). The summed E-state index contributed by atoms with van der Waals surface area (Å²) >= 11 is 0. The molecule has 27 heavy (non-hydrogen) atoms. The summed E-state index contributed by atoms with van der Waals surface area (Å²) in [4.78, 5) is 6.73. The van der Waals surface area contributed by atoms with Crippen LogP contribution in [0, 0.1) is 0 Å². The van der Waals surface area contributed by atoms with Crippen LogP contribution in [0.4, 0.5) is 5.69 Å². The minimum Gasteiger partial charge on any atom is -0.399 e. The molecule has 2 aromatic heterocycles. The summed E-state index contributed by atoms with van der Waals surface area (Å²) in [7, 11) is 0. The third kappa shape index (κ3) is 2.70. The second kappa shape index (κ2) is 6.22. The first-order valence-corrected chi connectivity index (χ1v) is 9.01. The maximum absolute atomic E-state index is 5.76. The number of nitrogens with one attached hydrogen (secondary N) is 2. The van der Waals surface area contributed by atoms with Gasteiger partial charge in [0, 0.05) is 49.3 Å². The van der Waals surface area contributed by atoms with Crippen LogP contribution in [0.1, 0.15) is 0 Å². The van der Waals surface area contributed by atoms with Crippen LogP contribution in [0.5, 0.6) is 0 Å². The normalized spacial score (nSPS) is 11.1. The summed E-state index contributed by atoms with van der Waals surface area (Å²) in [6.07, 6.45) is 0. The fraction of sp³-hybridized carbons (Fsp3) is 0. The van der Waals surface area contributed by atoms with E-state index in [4.69, 9.17) is 5.73 Å². The van der Waals surface area contributed by atoms with Crippen molar-refractivity contribution in [3.05, 3.63) is 91.0 Å². The molecule has 4 N–H and O–H groups in total. The van der Waals surface area contributed by atoms with Crippen molar-refractivity contribution in [3.8, 4) is 0 Å². The minimum absolute atomic E-state index is 0.808. The van der Waals surface area contributed by atoms with Crippen molar-refractivity contribution >= 4 is 49.3 Å². The van der Waals surface area contributed by atoms with Crippen molar-refractivity contribution in [2.45, 2.75) is 0 Å². The Morgan fingerprint density at radius 1 is 0.444 bits per heavy atom. The van der Waals surface area contributed by atoms with E-state index in [-0.39, 0.29) is 0 Å². The molecule has 2 heterocycles. The zero-order valence-corrected chi connectivity index (χ0v) is 14.7. The molecule has 0 fully saturated rings. The Bertz CT molecular complexity index is 1340. The Labute approximate surface area is 156 Å². The fourth-order valence-corrected chi connectivity index (χ4v) is 3.66. The Hall–Kier alpha value is -3.72. The lowest BCUT2D eigenvalue weighted by Gasteiger charge is -1.92. The summed E-state index contributed by atoms with van der Waals surface area (Å²) in [6.45, 7) is 0. The molecule has 0 aliphatic rings. The number of hydrogen-bond donors (Lipinski definition) is 3. The molecule has 0 spiro atoms. The number of benzene rings is 4. The molecule has 130 valence electrons. The highest BCUT2D eigenvalue weighted by Gasteiger charge is 2.02. The molecule has 0 radical (unpaired) electrons. The van der Waals surface area contributed by atoms with Gasteiger partial charge in [0.2, 0.25) is 0 Å². The molecule has 0 saturated carbocycles. The zero-order chi connectivity index (χ0) is 18.2. The number of aromatic amines is 2. The number of hydrogen-bond acceptors (Lipinski definition) is 1. The van der Waals surface area contributed by atoms with Crippen molar-refractivity contribution in [2.24, 2.45) is 0 Å². The Balaban J connectivity index is 0.000000119. The van der Waals surface area contributed by atoms with Crippen LogP contribution in [0.15, 0.2) is 91.0 Å². The van der Waals surface area contributed by atoms with Gasteiger partial charge in [-0.2, -0.15) is 0 Å². The number of nitrogen functional groups attached to an aromatic ring is 1. The number of fused-ring (bicyclic) bond motifs is 6. The van der Waals surface area contributed by atoms with Crippen LogP contribution in [-0.2, 0) is 0 Å². The van der Waals surface area contributed by atoms with Gasteiger partial charge in [-0.25, -0.2) is 0 Å². The average molecular weight is 349 g/mol. The van der Waals surface area contributed by atoms with Gasteiger partial charge < -0.3 is 15.7 Å². The Morgan fingerprint density at radius 2 is 0.852 bits per heavy atom. The number of rotatable bonds is 0. The maximum Gasteiger partial charge on any atom is 0.0466 e. The number of nitrogens with two attached hydrogens (primary N) is 1. The Morgan fingerprint density at radius 3 is 1.37 bits per heavy atom. The second-order valence-electron chi connectivity index (χ2n) is 6.69. The van der Waals surface area contributed by atoms with E-state index in [1.807, 2.05) is 30.3 Å². The number of para-hydroxylation sites is 3. The van der Waals surface area contributed by atoms with Crippen molar-refractivity contribution < 1.29 is 0 Å². The summed E-state index contributed by atoms with van der Waals surface area (Å²) in [6, 6.07) is 30.9. The number of aromatic nitrogens is 2. The monoisotopic (exact) mass is 349 g/mol. The van der Waals surface area contributed by atoms with E-state index in [0.29, 0.717) is 0 Å². The first kappa shape index (κ1) is 15.5. The van der Waals surface area contributed by atoms with Gasteiger partial charge in [0.05, 0.1) is 0 Å². The standard InChI is InChI=1S/C12H10N2.C12H9N/c13-8-5-6-12-10(7-8)9-3-1-2-4-11(9)14-12;1-3-7-11-9(5-1)10-6-2-4-8-12(10)13-11/h1-7,14H,13H2;1-8,13H. The molecular weight excluding hydrogens is 330 g/mol. The molecule has 0 aliphatic heterocycles. The quantitative estimate of drug-likeness (QED) is 0.280. The summed E-state index contributed by atoms with van der Waals surface area (Å²) in [5, 5.41) is 5.03. The van der Waals surface area contributed by atoms with Gasteiger partial charge in [-0.3, -0.25) is 0 Å². The first-order chi connectivity index (χ1) is 13.3.